The number of nitrogens with zero attached hydrogens (tertiary/aromatic N) is 2. The Bertz CT molecular complexity index is 1030. The molecule has 2 unspecified atom stereocenters. The van der Waals surface area contributed by atoms with Crippen molar-refractivity contribution < 1.29 is 9.21 Å². The number of oxazole rings is 1. The quantitative estimate of drug-likeness (QED) is 0.605. The topological polar surface area (TPSA) is 58.4 Å². The van der Waals surface area contributed by atoms with E-state index in [-0.39, 0.29) is 11.9 Å². The van der Waals surface area contributed by atoms with Crippen LogP contribution in [0.4, 0.5) is 0 Å². The fourth-order valence-electron chi connectivity index (χ4n) is 4.87. The van der Waals surface area contributed by atoms with Crippen molar-refractivity contribution in [2.24, 2.45) is 0 Å². The van der Waals surface area contributed by atoms with Crippen LogP contribution in [0.15, 0.2) is 51.4 Å². The minimum absolute atomic E-state index is 0.0724. The Morgan fingerprint density at radius 3 is 2.62 bits per heavy atom. The van der Waals surface area contributed by atoms with Gasteiger partial charge in [-0.1, -0.05) is 40.5 Å². The Balaban J connectivity index is 1.43. The first-order valence-electron chi connectivity index (χ1n) is 10.3. The van der Waals surface area contributed by atoms with Gasteiger partial charge in [-0.05, 0) is 57.0 Å². The summed E-state index contributed by atoms with van der Waals surface area (Å²) in [6, 6.07) is 14.8. The van der Waals surface area contributed by atoms with Crippen LogP contribution < -0.4 is 5.32 Å². The summed E-state index contributed by atoms with van der Waals surface area (Å²) < 4.78 is 6.77. The van der Waals surface area contributed by atoms with E-state index in [1.807, 2.05) is 42.5 Å². The van der Waals surface area contributed by atoms with Gasteiger partial charge in [0, 0.05) is 28.2 Å². The monoisotopic (exact) mass is 453 g/mol. The first kappa shape index (κ1) is 18.8. The van der Waals surface area contributed by atoms with Gasteiger partial charge in [-0.3, -0.25) is 4.79 Å². The zero-order chi connectivity index (χ0) is 20.0. The van der Waals surface area contributed by atoms with E-state index in [1.165, 1.54) is 19.3 Å². The normalized spacial score (nSPS) is 24.6. The zero-order valence-electron chi connectivity index (χ0n) is 16.4. The van der Waals surface area contributed by atoms with Gasteiger partial charge in [0.05, 0.1) is 5.56 Å². The van der Waals surface area contributed by atoms with Crippen molar-refractivity contribution in [1.82, 2.24) is 15.2 Å². The largest absolute Gasteiger partial charge is 0.436 e. The van der Waals surface area contributed by atoms with Crippen molar-refractivity contribution in [3.05, 3.63) is 52.5 Å². The smallest absolute Gasteiger partial charge is 0.253 e. The number of piperidine rings is 2. The van der Waals surface area contributed by atoms with E-state index in [2.05, 4.69) is 38.2 Å². The standard InChI is InChI=1S/C23H24BrN3O2/c1-27-17-8-5-9-18(27)13-16(12-17)25-22(28)19-10-15(24)11-20-21(19)26-23(29-20)14-6-3-2-4-7-14/h2-4,6-7,10-11,16-18H,5,8-9,12-13H2,1H3,(H,25,28). The van der Waals surface area contributed by atoms with Crippen LogP contribution in [0.5, 0.6) is 0 Å². The Kier molecular flexibility index (Phi) is 4.92. The molecule has 3 heterocycles. The highest BCUT2D eigenvalue weighted by Gasteiger charge is 2.36. The molecule has 6 heteroatoms. The molecular weight excluding hydrogens is 430 g/mol. The van der Waals surface area contributed by atoms with Gasteiger partial charge in [-0.25, -0.2) is 4.98 Å². The molecule has 1 amide bonds. The Morgan fingerprint density at radius 2 is 1.90 bits per heavy atom. The van der Waals surface area contributed by atoms with Crippen LogP contribution in [0.1, 0.15) is 42.5 Å². The van der Waals surface area contributed by atoms with Crippen molar-refractivity contribution in [3.8, 4) is 11.5 Å². The highest BCUT2D eigenvalue weighted by atomic mass is 79.9. The molecule has 0 aliphatic carbocycles. The van der Waals surface area contributed by atoms with Gasteiger partial charge in [0.1, 0.15) is 5.52 Å². The Labute approximate surface area is 178 Å². The van der Waals surface area contributed by atoms with E-state index in [0.717, 1.165) is 22.9 Å². The Morgan fingerprint density at radius 1 is 1.17 bits per heavy atom. The second-order valence-corrected chi connectivity index (χ2v) is 9.15. The third-order valence-corrected chi connectivity index (χ3v) is 6.86. The first-order chi connectivity index (χ1) is 14.1. The van der Waals surface area contributed by atoms with Crippen LogP contribution in [-0.2, 0) is 0 Å². The molecule has 150 valence electrons. The number of fused-ring (bicyclic) bond motifs is 3. The molecule has 3 aromatic rings. The van der Waals surface area contributed by atoms with Crippen LogP contribution in [0, 0.1) is 0 Å². The van der Waals surface area contributed by atoms with Gasteiger partial charge in [0.25, 0.3) is 5.91 Å². The number of hydrogen-bond acceptors (Lipinski definition) is 4. The molecule has 2 atom stereocenters. The summed E-state index contributed by atoms with van der Waals surface area (Å²) in [6.07, 6.45) is 5.79. The molecular formula is C23H24BrN3O2. The average molecular weight is 454 g/mol. The molecule has 0 saturated carbocycles. The summed E-state index contributed by atoms with van der Waals surface area (Å²) in [4.78, 5) is 20.4. The predicted octanol–water partition coefficient (Wildman–Crippen LogP) is 5.00. The molecule has 2 fully saturated rings. The lowest BCUT2D eigenvalue weighted by Crippen LogP contribution is -2.55. The lowest BCUT2D eigenvalue weighted by molar-refractivity contribution is 0.0463. The highest BCUT2D eigenvalue weighted by Crippen LogP contribution is 2.33. The fraction of sp³-hybridized carbons (Fsp3) is 0.391. The van der Waals surface area contributed by atoms with Gasteiger partial charge in [0.15, 0.2) is 5.58 Å². The summed E-state index contributed by atoms with van der Waals surface area (Å²) >= 11 is 3.52. The van der Waals surface area contributed by atoms with Gasteiger partial charge < -0.3 is 14.6 Å². The third kappa shape index (κ3) is 3.60. The highest BCUT2D eigenvalue weighted by molar-refractivity contribution is 9.10. The van der Waals surface area contributed by atoms with Crippen molar-refractivity contribution >= 4 is 32.9 Å². The molecule has 2 aliphatic heterocycles. The van der Waals surface area contributed by atoms with Crippen molar-refractivity contribution in [1.29, 1.82) is 0 Å². The Hall–Kier alpha value is -2.18. The van der Waals surface area contributed by atoms with Crippen LogP contribution in [-0.4, -0.2) is 41.0 Å². The number of halogens is 1. The second-order valence-electron chi connectivity index (χ2n) is 8.23. The molecule has 2 saturated heterocycles. The van der Waals surface area contributed by atoms with E-state index in [9.17, 15) is 4.79 Å². The van der Waals surface area contributed by atoms with Crippen LogP contribution in [0.3, 0.4) is 0 Å². The molecule has 5 nitrogen and oxygen atoms in total. The lowest BCUT2D eigenvalue weighted by Gasteiger charge is -2.47. The number of carbonyl (C=O) groups excluding carboxylic acids is 1. The van der Waals surface area contributed by atoms with Crippen LogP contribution >= 0.6 is 15.9 Å². The van der Waals surface area contributed by atoms with E-state index >= 15 is 0 Å². The van der Waals surface area contributed by atoms with Gasteiger partial charge >= 0.3 is 0 Å². The van der Waals surface area contributed by atoms with Crippen molar-refractivity contribution in [2.75, 3.05) is 7.05 Å². The maximum atomic E-state index is 13.2. The molecule has 2 bridgehead atoms. The van der Waals surface area contributed by atoms with Gasteiger partial charge in [0.2, 0.25) is 5.89 Å². The maximum Gasteiger partial charge on any atom is 0.253 e. The predicted molar refractivity (Wildman–Crippen MR) is 117 cm³/mol. The number of benzene rings is 2. The SMILES string of the molecule is CN1C2CCCC1CC(NC(=O)c1cc(Br)cc3oc(-c4ccccc4)nc13)C2. The number of hydrogen-bond donors (Lipinski definition) is 1. The summed E-state index contributed by atoms with van der Waals surface area (Å²) in [5.74, 6) is 0.457. The molecule has 29 heavy (non-hydrogen) atoms. The summed E-state index contributed by atoms with van der Waals surface area (Å²) in [5, 5.41) is 3.28. The number of amides is 1. The van der Waals surface area contributed by atoms with Crippen LogP contribution in [0.25, 0.3) is 22.6 Å². The molecule has 5 rings (SSSR count). The van der Waals surface area contributed by atoms with Gasteiger partial charge in [-0.2, -0.15) is 0 Å². The first-order valence-corrected chi connectivity index (χ1v) is 11.1. The number of rotatable bonds is 3. The molecule has 0 spiro atoms. The van der Waals surface area contributed by atoms with Crippen molar-refractivity contribution in [3.63, 3.8) is 0 Å². The number of aromatic nitrogens is 1. The zero-order valence-corrected chi connectivity index (χ0v) is 18.0. The summed E-state index contributed by atoms with van der Waals surface area (Å²) in [6.45, 7) is 0. The van der Waals surface area contributed by atoms with E-state index in [4.69, 9.17) is 4.42 Å². The molecule has 1 aromatic heterocycles. The van der Waals surface area contributed by atoms with E-state index in [0.29, 0.717) is 34.6 Å². The second kappa shape index (κ2) is 7.58. The fourth-order valence-corrected chi connectivity index (χ4v) is 5.31. The summed E-state index contributed by atoms with van der Waals surface area (Å²) in [5.41, 5.74) is 2.68. The maximum absolute atomic E-state index is 13.2. The molecule has 2 aromatic carbocycles. The summed E-state index contributed by atoms with van der Waals surface area (Å²) in [7, 11) is 2.23. The van der Waals surface area contributed by atoms with Crippen molar-refractivity contribution in [2.45, 2.75) is 50.2 Å². The third-order valence-electron chi connectivity index (χ3n) is 6.40. The molecule has 0 radical (unpaired) electrons. The van der Waals surface area contributed by atoms with Gasteiger partial charge in [-0.15, -0.1) is 0 Å². The average Bonchev–Trinajstić information content (AvgIpc) is 3.12. The molecule has 1 N–H and O–H groups in total. The molecule has 2 aliphatic rings. The van der Waals surface area contributed by atoms with E-state index < -0.39 is 0 Å². The minimum Gasteiger partial charge on any atom is -0.436 e. The minimum atomic E-state index is -0.0724. The number of carbonyl (C=O) groups is 1. The lowest BCUT2D eigenvalue weighted by atomic mass is 9.82. The van der Waals surface area contributed by atoms with Crippen LogP contribution in [0.2, 0.25) is 0 Å². The van der Waals surface area contributed by atoms with E-state index in [1.54, 1.807) is 0 Å². The number of nitrogens with one attached hydrogen (secondary N) is 1.